The molecule has 0 radical (unpaired) electrons. The molecular formula is C10H21N. The van der Waals surface area contributed by atoms with Gasteiger partial charge >= 0.3 is 0 Å². The van der Waals surface area contributed by atoms with Crippen molar-refractivity contribution >= 4 is 0 Å². The minimum absolute atomic E-state index is 0.777. The van der Waals surface area contributed by atoms with Crippen molar-refractivity contribution < 1.29 is 0 Å². The van der Waals surface area contributed by atoms with Crippen LogP contribution >= 0.6 is 0 Å². The third-order valence-corrected chi connectivity index (χ3v) is 1.78. The van der Waals surface area contributed by atoms with Crippen LogP contribution in [0.4, 0.5) is 0 Å². The van der Waals surface area contributed by atoms with E-state index >= 15 is 0 Å². The molecule has 1 nitrogen and oxygen atoms in total. The summed E-state index contributed by atoms with van der Waals surface area (Å²) >= 11 is 0. The number of allylic oxidation sites excluding steroid dienone is 1. The first kappa shape index (κ1) is 10.7. The van der Waals surface area contributed by atoms with Gasteiger partial charge in [-0.1, -0.05) is 25.5 Å². The second-order valence-corrected chi connectivity index (χ2v) is 3.56. The maximum Gasteiger partial charge on any atom is -0.00425 e. The van der Waals surface area contributed by atoms with Crippen molar-refractivity contribution in [3.8, 4) is 0 Å². The Morgan fingerprint density at radius 3 is 2.55 bits per heavy atom. The molecule has 0 spiro atoms. The van der Waals surface area contributed by atoms with Gasteiger partial charge in [0.15, 0.2) is 0 Å². The van der Waals surface area contributed by atoms with E-state index in [4.69, 9.17) is 5.73 Å². The van der Waals surface area contributed by atoms with Crippen molar-refractivity contribution in [2.45, 2.75) is 40.0 Å². The minimum atomic E-state index is 0.777. The first-order chi connectivity index (χ1) is 5.16. The van der Waals surface area contributed by atoms with Gasteiger partial charge in [0, 0.05) is 0 Å². The summed E-state index contributed by atoms with van der Waals surface area (Å²) in [7, 11) is 0. The third kappa shape index (κ3) is 7.60. The van der Waals surface area contributed by atoms with E-state index in [0.717, 1.165) is 18.9 Å². The Morgan fingerprint density at radius 2 is 2.09 bits per heavy atom. The summed E-state index contributed by atoms with van der Waals surface area (Å²) in [6, 6.07) is 0. The highest BCUT2D eigenvalue weighted by Crippen LogP contribution is 2.10. The van der Waals surface area contributed by atoms with Crippen molar-refractivity contribution in [3.05, 3.63) is 11.6 Å². The second-order valence-electron chi connectivity index (χ2n) is 3.56. The highest BCUT2D eigenvalue weighted by Gasteiger charge is 1.94. The molecule has 0 saturated carbocycles. The van der Waals surface area contributed by atoms with E-state index in [1.54, 1.807) is 0 Å². The first-order valence-electron chi connectivity index (χ1n) is 4.52. The standard InChI is InChI=1S/C10H21N/c1-9(2)6-7-10(3)5-4-8-11/h5,9H,4,6-8,11H2,1-3H3. The minimum Gasteiger partial charge on any atom is -0.330 e. The molecule has 0 aromatic carbocycles. The predicted molar refractivity (Wildman–Crippen MR) is 51.5 cm³/mol. The molecule has 66 valence electrons. The van der Waals surface area contributed by atoms with Crippen LogP contribution in [0.3, 0.4) is 0 Å². The highest BCUT2D eigenvalue weighted by molar-refractivity contribution is 4.97. The smallest absolute Gasteiger partial charge is 0.00425 e. The van der Waals surface area contributed by atoms with Crippen molar-refractivity contribution in [3.63, 3.8) is 0 Å². The van der Waals surface area contributed by atoms with Gasteiger partial charge in [0.2, 0.25) is 0 Å². The van der Waals surface area contributed by atoms with E-state index in [2.05, 4.69) is 26.8 Å². The molecule has 0 aromatic rings. The van der Waals surface area contributed by atoms with Crippen LogP contribution in [-0.4, -0.2) is 6.54 Å². The number of rotatable bonds is 5. The maximum atomic E-state index is 5.39. The van der Waals surface area contributed by atoms with E-state index in [-0.39, 0.29) is 0 Å². The van der Waals surface area contributed by atoms with Gasteiger partial charge < -0.3 is 5.73 Å². The Morgan fingerprint density at radius 1 is 1.45 bits per heavy atom. The zero-order valence-corrected chi connectivity index (χ0v) is 8.06. The molecular weight excluding hydrogens is 134 g/mol. The summed E-state index contributed by atoms with van der Waals surface area (Å²) in [6.45, 7) is 7.49. The molecule has 0 aliphatic rings. The molecule has 1 heteroatoms. The van der Waals surface area contributed by atoms with Crippen molar-refractivity contribution in [2.24, 2.45) is 11.7 Å². The van der Waals surface area contributed by atoms with Crippen molar-refractivity contribution in [1.29, 1.82) is 0 Å². The third-order valence-electron chi connectivity index (χ3n) is 1.78. The average molecular weight is 155 g/mol. The fraction of sp³-hybridized carbons (Fsp3) is 0.800. The van der Waals surface area contributed by atoms with Gasteiger partial charge in [-0.15, -0.1) is 0 Å². The van der Waals surface area contributed by atoms with Gasteiger partial charge in [0.25, 0.3) is 0 Å². The lowest BCUT2D eigenvalue weighted by Crippen LogP contribution is -1.96. The van der Waals surface area contributed by atoms with Crippen molar-refractivity contribution in [1.82, 2.24) is 0 Å². The van der Waals surface area contributed by atoms with Crippen LogP contribution in [0.25, 0.3) is 0 Å². The fourth-order valence-corrected chi connectivity index (χ4v) is 0.948. The molecule has 11 heavy (non-hydrogen) atoms. The van der Waals surface area contributed by atoms with Crippen molar-refractivity contribution in [2.75, 3.05) is 6.54 Å². The summed E-state index contributed by atoms with van der Waals surface area (Å²) in [4.78, 5) is 0. The van der Waals surface area contributed by atoms with Gasteiger partial charge in [-0.05, 0) is 38.6 Å². The van der Waals surface area contributed by atoms with Crippen LogP contribution in [0.1, 0.15) is 40.0 Å². The number of nitrogens with two attached hydrogens (primary N) is 1. The van der Waals surface area contributed by atoms with Gasteiger partial charge in [-0.25, -0.2) is 0 Å². The fourth-order valence-electron chi connectivity index (χ4n) is 0.948. The predicted octanol–water partition coefficient (Wildman–Crippen LogP) is 2.72. The molecule has 0 heterocycles. The molecule has 0 aliphatic carbocycles. The van der Waals surface area contributed by atoms with E-state index < -0.39 is 0 Å². The van der Waals surface area contributed by atoms with E-state index in [1.807, 2.05) is 0 Å². The summed E-state index contributed by atoms with van der Waals surface area (Å²) < 4.78 is 0. The Bertz CT molecular complexity index is 114. The molecule has 0 atom stereocenters. The van der Waals surface area contributed by atoms with Crippen LogP contribution in [-0.2, 0) is 0 Å². The van der Waals surface area contributed by atoms with Gasteiger partial charge in [-0.3, -0.25) is 0 Å². The topological polar surface area (TPSA) is 26.0 Å². The zero-order chi connectivity index (χ0) is 8.69. The van der Waals surface area contributed by atoms with Crippen LogP contribution in [0.5, 0.6) is 0 Å². The SMILES string of the molecule is CC(=CCCN)CCC(C)C. The van der Waals surface area contributed by atoms with E-state index in [9.17, 15) is 0 Å². The normalized spacial score (nSPS) is 12.6. The molecule has 0 bridgehead atoms. The lowest BCUT2D eigenvalue weighted by atomic mass is 10.0. The molecule has 0 aromatic heterocycles. The summed E-state index contributed by atoms with van der Waals surface area (Å²) in [5, 5.41) is 0. The second kappa shape index (κ2) is 6.41. The van der Waals surface area contributed by atoms with Crippen LogP contribution < -0.4 is 5.73 Å². The van der Waals surface area contributed by atoms with Gasteiger partial charge in [0.1, 0.15) is 0 Å². The largest absolute Gasteiger partial charge is 0.330 e. The quantitative estimate of drug-likeness (QED) is 0.607. The maximum absolute atomic E-state index is 5.39. The van der Waals surface area contributed by atoms with Crippen LogP contribution in [0, 0.1) is 5.92 Å². The zero-order valence-electron chi connectivity index (χ0n) is 8.06. The van der Waals surface area contributed by atoms with Gasteiger partial charge in [0.05, 0.1) is 0 Å². The Kier molecular flexibility index (Phi) is 6.24. The molecule has 0 unspecified atom stereocenters. The summed E-state index contributed by atoms with van der Waals surface area (Å²) in [5.74, 6) is 0.816. The molecule has 2 N–H and O–H groups in total. The molecule has 0 aliphatic heterocycles. The number of hydrogen-bond acceptors (Lipinski definition) is 1. The molecule has 0 fully saturated rings. The van der Waals surface area contributed by atoms with Gasteiger partial charge in [-0.2, -0.15) is 0 Å². The monoisotopic (exact) mass is 155 g/mol. The Balaban J connectivity index is 3.42. The molecule has 0 rings (SSSR count). The van der Waals surface area contributed by atoms with E-state index in [0.29, 0.717) is 0 Å². The first-order valence-corrected chi connectivity index (χ1v) is 4.52. The Labute approximate surface area is 70.7 Å². The van der Waals surface area contributed by atoms with E-state index in [1.165, 1.54) is 18.4 Å². The molecule has 0 amide bonds. The summed E-state index contributed by atoms with van der Waals surface area (Å²) in [5.41, 5.74) is 6.88. The Hall–Kier alpha value is -0.300. The molecule has 0 saturated heterocycles. The lowest BCUT2D eigenvalue weighted by molar-refractivity contribution is 0.584. The highest BCUT2D eigenvalue weighted by atomic mass is 14.5. The lowest BCUT2D eigenvalue weighted by Gasteiger charge is -2.03. The van der Waals surface area contributed by atoms with Crippen LogP contribution in [0.15, 0.2) is 11.6 Å². The average Bonchev–Trinajstić information content (AvgIpc) is 1.97. The number of hydrogen-bond donors (Lipinski definition) is 1. The summed E-state index contributed by atoms with van der Waals surface area (Å²) in [6.07, 6.45) is 5.82. The van der Waals surface area contributed by atoms with Crippen LogP contribution in [0.2, 0.25) is 0 Å².